The first-order valence-corrected chi connectivity index (χ1v) is 2.75. The smallest absolute Gasteiger partial charge is 0.0347 e. The highest BCUT2D eigenvalue weighted by Gasteiger charge is 2.04. The molecule has 1 aliphatic rings. The van der Waals surface area contributed by atoms with Crippen molar-refractivity contribution < 1.29 is 0 Å². The van der Waals surface area contributed by atoms with E-state index in [0.29, 0.717) is 0 Å². The SMILES string of the molecule is C=C1C[N]CC(=C)C1. The fraction of sp³-hybridized carbons (Fsp3) is 0.429. The van der Waals surface area contributed by atoms with Crippen LogP contribution in [0.5, 0.6) is 0 Å². The summed E-state index contributed by atoms with van der Waals surface area (Å²) in [7, 11) is 0. The summed E-state index contributed by atoms with van der Waals surface area (Å²) in [6.07, 6.45) is 0.990. The van der Waals surface area contributed by atoms with Crippen LogP contribution in [0.15, 0.2) is 24.3 Å². The molecule has 0 aromatic heterocycles. The average Bonchev–Trinajstić information content (AvgIpc) is 1.64. The van der Waals surface area contributed by atoms with E-state index in [0.717, 1.165) is 19.5 Å². The Morgan fingerprint density at radius 3 is 1.88 bits per heavy atom. The minimum Gasteiger partial charge on any atom is -0.233 e. The van der Waals surface area contributed by atoms with Gasteiger partial charge in [0.1, 0.15) is 0 Å². The molecule has 1 nitrogen and oxygen atoms in total. The molecule has 0 spiro atoms. The third-order valence-electron chi connectivity index (χ3n) is 1.17. The molecule has 0 saturated carbocycles. The van der Waals surface area contributed by atoms with Gasteiger partial charge in [-0.1, -0.05) is 24.3 Å². The second-order valence-corrected chi connectivity index (χ2v) is 2.22. The Morgan fingerprint density at radius 2 is 1.62 bits per heavy atom. The third kappa shape index (κ3) is 1.20. The van der Waals surface area contributed by atoms with Crippen molar-refractivity contribution in [3.05, 3.63) is 24.3 Å². The van der Waals surface area contributed by atoms with E-state index in [9.17, 15) is 0 Å². The Hall–Kier alpha value is -0.560. The van der Waals surface area contributed by atoms with Crippen LogP contribution in [-0.2, 0) is 0 Å². The van der Waals surface area contributed by atoms with E-state index in [2.05, 4.69) is 18.5 Å². The van der Waals surface area contributed by atoms with Crippen molar-refractivity contribution in [2.24, 2.45) is 0 Å². The van der Waals surface area contributed by atoms with E-state index < -0.39 is 0 Å². The van der Waals surface area contributed by atoms with E-state index >= 15 is 0 Å². The fourth-order valence-corrected chi connectivity index (χ4v) is 0.837. The molecule has 0 atom stereocenters. The van der Waals surface area contributed by atoms with Gasteiger partial charge in [-0.25, -0.2) is 5.32 Å². The lowest BCUT2D eigenvalue weighted by molar-refractivity contribution is 0.702. The standard InChI is InChI=1S/C7H10N/c1-6-3-7(2)5-8-4-6/h1-5H2. The van der Waals surface area contributed by atoms with Gasteiger partial charge in [-0.2, -0.15) is 0 Å². The maximum Gasteiger partial charge on any atom is 0.0347 e. The zero-order chi connectivity index (χ0) is 5.98. The third-order valence-corrected chi connectivity index (χ3v) is 1.17. The van der Waals surface area contributed by atoms with Crippen molar-refractivity contribution in [2.75, 3.05) is 13.1 Å². The Balaban J connectivity index is 2.45. The molecule has 0 amide bonds. The van der Waals surface area contributed by atoms with Gasteiger partial charge in [0.05, 0.1) is 0 Å². The molecule has 1 radical (unpaired) electrons. The fourth-order valence-electron chi connectivity index (χ4n) is 0.837. The first-order valence-electron chi connectivity index (χ1n) is 2.75. The molecular weight excluding hydrogens is 98.1 g/mol. The van der Waals surface area contributed by atoms with Gasteiger partial charge in [-0.05, 0) is 6.42 Å². The molecule has 0 bridgehead atoms. The van der Waals surface area contributed by atoms with Crippen LogP contribution in [0.3, 0.4) is 0 Å². The van der Waals surface area contributed by atoms with E-state index in [4.69, 9.17) is 0 Å². The van der Waals surface area contributed by atoms with Crippen LogP contribution in [0.2, 0.25) is 0 Å². The molecule has 1 heterocycles. The lowest BCUT2D eigenvalue weighted by atomic mass is 10.1. The van der Waals surface area contributed by atoms with Crippen molar-refractivity contribution in [2.45, 2.75) is 6.42 Å². The lowest BCUT2D eigenvalue weighted by Crippen LogP contribution is -2.18. The zero-order valence-corrected chi connectivity index (χ0v) is 4.98. The zero-order valence-electron chi connectivity index (χ0n) is 4.98. The molecule has 1 fully saturated rings. The van der Waals surface area contributed by atoms with Crippen molar-refractivity contribution in [1.82, 2.24) is 5.32 Å². The van der Waals surface area contributed by atoms with Crippen molar-refractivity contribution >= 4 is 0 Å². The highest BCUT2D eigenvalue weighted by molar-refractivity contribution is 5.15. The number of hydrogen-bond donors (Lipinski definition) is 0. The molecule has 0 aliphatic carbocycles. The van der Waals surface area contributed by atoms with E-state index in [1.54, 1.807) is 0 Å². The number of piperidine rings is 1. The van der Waals surface area contributed by atoms with Gasteiger partial charge in [0.15, 0.2) is 0 Å². The van der Waals surface area contributed by atoms with Crippen molar-refractivity contribution in [1.29, 1.82) is 0 Å². The summed E-state index contributed by atoms with van der Waals surface area (Å²) in [6, 6.07) is 0. The first-order chi connectivity index (χ1) is 3.79. The quantitative estimate of drug-likeness (QED) is 0.413. The van der Waals surface area contributed by atoms with Gasteiger partial charge in [0.25, 0.3) is 0 Å². The molecular formula is C7H10N. The van der Waals surface area contributed by atoms with Crippen molar-refractivity contribution in [3.63, 3.8) is 0 Å². The summed E-state index contributed by atoms with van der Waals surface area (Å²) >= 11 is 0. The molecule has 0 N–H and O–H groups in total. The Labute approximate surface area is 50.1 Å². The average molecular weight is 108 g/mol. The normalized spacial score (nSPS) is 21.5. The van der Waals surface area contributed by atoms with Crippen LogP contribution in [0.4, 0.5) is 0 Å². The summed E-state index contributed by atoms with van der Waals surface area (Å²) in [5, 5.41) is 4.14. The molecule has 0 unspecified atom stereocenters. The Kier molecular flexibility index (Phi) is 1.49. The number of hydrogen-bond acceptors (Lipinski definition) is 0. The molecule has 0 aromatic carbocycles. The summed E-state index contributed by atoms with van der Waals surface area (Å²) < 4.78 is 0. The van der Waals surface area contributed by atoms with Crippen LogP contribution < -0.4 is 5.32 Å². The number of rotatable bonds is 0. The van der Waals surface area contributed by atoms with Crippen LogP contribution in [0.1, 0.15) is 6.42 Å². The molecule has 8 heavy (non-hydrogen) atoms. The predicted molar refractivity (Wildman–Crippen MR) is 34.8 cm³/mol. The maximum atomic E-state index is 4.14. The minimum atomic E-state index is 0.846. The summed E-state index contributed by atoms with van der Waals surface area (Å²) in [5.74, 6) is 0. The molecule has 1 rings (SSSR count). The second kappa shape index (κ2) is 2.14. The molecule has 1 heteroatoms. The second-order valence-electron chi connectivity index (χ2n) is 2.22. The summed E-state index contributed by atoms with van der Waals surface area (Å²) in [4.78, 5) is 0. The van der Waals surface area contributed by atoms with E-state index in [1.165, 1.54) is 11.1 Å². The molecule has 43 valence electrons. The van der Waals surface area contributed by atoms with Crippen LogP contribution >= 0.6 is 0 Å². The van der Waals surface area contributed by atoms with E-state index in [-0.39, 0.29) is 0 Å². The van der Waals surface area contributed by atoms with Gasteiger partial charge >= 0.3 is 0 Å². The summed E-state index contributed by atoms with van der Waals surface area (Å²) in [6.45, 7) is 9.31. The van der Waals surface area contributed by atoms with Gasteiger partial charge in [0.2, 0.25) is 0 Å². The highest BCUT2D eigenvalue weighted by Crippen LogP contribution is 2.10. The van der Waals surface area contributed by atoms with Gasteiger partial charge in [-0.3, -0.25) is 0 Å². The van der Waals surface area contributed by atoms with Crippen LogP contribution in [0.25, 0.3) is 0 Å². The Bertz CT molecular complexity index is 110. The largest absolute Gasteiger partial charge is 0.233 e. The number of nitrogens with zero attached hydrogens (tertiary/aromatic N) is 1. The minimum absolute atomic E-state index is 0.846. The summed E-state index contributed by atoms with van der Waals surface area (Å²) in [5.41, 5.74) is 2.39. The molecule has 1 saturated heterocycles. The van der Waals surface area contributed by atoms with Gasteiger partial charge in [0, 0.05) is 13.1 Å². The Morgan fingerprint density at radius 1 is 1.12 bits per heavy atom. The van der Waals surface area contributed by atoms with E-state index in [1.807, 2.05) is 0 Å². The lowest BCUT2D eigenvalue weighted by Gasteiger charge is -2.13. The van der Waals surface area contributed by atoms with Crippen LogP contribution in [-0.4, -0.2) is 13.1 Å². The molecule has 0 aromatic rings. The molecule has 1 aliphatic heterocycles. The monoisotopic (exact) mass is 108 g/mol. The first kappa shape index (κ1) is 5.57. The predicted octanol–water partition coefficient (Wildman–Crippen LogP) is 1.11. The van der Waals surface area contributed by atoms with Crippen LogP contribution in [0, 0.1) is 0 Å². The highest BCUT2D eigenvalue weighted by atomic mass is 14.9. The maximum absolute atomic E-state index is 4.14. The van der Waals surface area contributed by atoms with Gasteiger partial charge < -0.3 is 0 Å². The topological polar surface area (TPSA) is 14.1 Å². The van der Waals surface area contributed by atoms with Crippen molar-refractivity contribution in [3.8, 4) is 0 Å². The van der Waals surface area contributed by atoms with Gasteiger partial charge in [-0.15, -0.1) is 0 Å².